The highest BCUT2D eigenvalue weighted by molar-refractivity contribution is 7.94. The van der Waals surface area contributed by atoms with Gasteiger partial charge in [0, 0.05) is 18.1 Å². The van der Waals surface area contributed by atoms with E-state index in [4.69, 9.17) is 21.4 Å². The molecule has 1 aliphatic heterocycles. The van der Waals surface area contributed by atoms with Crippen LogP contribution in [0.5, 0.6) is 5.75 Å². The summed E-state index contributed by atoms with van der Waals surface area (Å²) in [5.74, 6) is -1.04. The van der Waals surface area contributed by atoms with Gasteiger partial charge in [0.15, 0.2) is 6.10 Å². The Bertz CT molecular complexity index is 1040. The first-order valence-electron chi connectivity index (χ1n) is 7.75. The summed E-state index contributed by atoms with van der Waals surface area (Å²) in [6.07, 6.45) is -1.13. The Labute approximate surface area is 160 Å². The number of nitrogens with zero attached hydrogens (tertiary/aromatic N) is 2. The van der Waals surface area contributed by atoms with Gasteiger partial charge in [-0.25, -0.2) is 18.0 Å². The van der Waals surface area contributed by atoms with E-state index in [9.17, 15) is 18.0 Å². The molecule has 1 atom stereocenters. The minimum atomic E-state index is -4.18. The molecular weight excluding hydrogens is 396 g/mol. The SMILES string of the molecule is CC(Oc1ccc2c(c1)N(C)C(=O)N(c1cccc(Cl)c1)S2(=O)=O)C(=O)O. The number of benzene rings is 2. The summed E-state index contributed by atoms with van der Waals surface area (Å²) in [7, 11) is -2.77. The zero-order valence-electron chi connectivity index (χ0n) is 14.3. The Morgan fingerprint density at radius 2 is 1.93 bits per heavy atom. The smallest absolute Gasteiger partial charge is 0.344 e. The summed E-state index contributed by atoms with van der Waals surface area (Å²) in [6.45, 7) is 1.34. The standard InChI is InChI=1S/C17H15ClN2O6S/c1-10(16(21)22)26-13-6-7-15-14(9-13)19(2)17(23)20(27(15,24)25)12-5-3-4-11(18)8-12/h3-10H,1-2H3,(H,21,22). The largest absolute Gasteiger partial charge is 0.479 e. The lowest BCUT2D eigenvalue weighted by molar-refractivity contribution is -0.144. The van der Waals surface area contributed by atoms with Crippen molar-refractivity contribution < 1.29 is 27.9 Å². The summed E-state index contributed by atoms with van der Waals surface area (Å²) in [4.78, 5) is 24.7. The Morgan fingerprint density at radius 3 is 2.56 bits per heavy atom. The zero-order chi connectivity index (χ0) is 19.9. The van der Waals surface area contributed by atoms with Crippen molar-refractivity contribution >= 4 is 45.0 Å². The van der Waals surface area contributed by atoms with Gasteiger partial charge in [0.1, 0.15) is 10.6 Å². The quantitative estimate of drug-likeness (QED) is 0.830. The number of anilines is 2. The van der Waals surface area contributed by atoms with Crippen LogP contribution in [0.15, 0.2) is 47.4 Å². The maximum atomic E-state index is 13.0. The molecule has 0 saturated carbocycles. The first-order chi connectivity index (χ1) is 12.6. The minimum absolute atomic E-state index is 0.0911. The maximum Gasteiger partial charge on any atom is 0.344 e. The highest BCUT2D eigenvalue weighted by Gasteiger charge is 2.41. The molecule has 1 unspecified atom stereocenters. The molecule has 2 aromatic rings. The third-order valence-corrected chi connectivity index (χ3v) is 5.96. The average molecular weight is 411 g/mol. The number of amides is 2. The van der Waals surface area contributed by atoms with Crippen LogP contribution in [0.4, 0.5) is 16.2 Å². The normalized spacial score (nSPS) is 16.6. The van der Waals surface area contributed by atoms with Crippen molar-refractivity contribution in [1.29, 1.82) is 0 Å². The number of ether oxygens (including phenoxy) is 1. The number of aliphatic carboxylic acids is 1. The van der Waals surface area contributed by atoms with E-state index in [1.807, 2.05) is 0 Å². The molecule has 3 rings (SSSR count). The van der Waals surface area contributed by atoms with Crippen LogP contribution in [-0.4, -0.2) is 38.7 Å². The van der Waals surface area contributed by atoms with E-state index >= 15 is 0 Å². The third-order valence-electron chi connectivity index (χ3n) is 3.97. The van der Waals surface area contributed by atoms with E-state index in [-0.39, 0.29) is 27.0 Å². The van der Waals surface area contributed by atoms with Gasteiger partial charge in [-0.2, -0.15) is 4.31 Å². The van der Waals surface area contributed by atoms with Crippen LogP contribution < -0.4 is 13.9 Å². The van der Waals surface area contributed by atoms with E-state index in [1.165, 1.54) is 44.3 Å². The molecule has 0 spiro atoms. The molecule has 1 aliphatic rings. The van der Waals surface area contributed by atoms with Crippen molar-refractivity contribution in [2.45, 2.75) is 17.9 Å². The van der Waals surface area contributed by atoms with Crippen molar-refractivity contribution in [2.75, 3.05) is 16.3 Å². The summed E-state index contributed by atoms with van der Waals surface area (Å²) in [5.41, 5.74) is 0.207. The van der Waals surface area contributed by atoms with Gasteiger partial charge in [-0.15, -0.1) is 0 Å². The number of sulfonamides is 1. The van der Waals surface area contributed by atoms with Crippen LogP contribution in [0.2, 0.25) is 5.02 Å². The number of hydrogen-bond donors (Lipinski definition) is 1. The summed E-state index contributed by atoms with van der Waals surface area (Å²) < 4.78 is 32.0. The van der Waals surface area contributed by atoms with E-state index in [0.717, 1.165) is 4.90 Å². The number of rotatable bonds is 4. The van der Waals surface area contributed by atoms with Gasteiger partial charge >= 0.3 is 12.0 Å². The molecule has 142 valence electrons. The Morgan fingerprint density at radius 1 is 1.22 bits per heavy atom. The molecular formula is C17H15ClN2O6S. The molecule has 0 aliphatic carbocycles. The van der Waals surface area contributed by atoms with Gasteiger partial charge in [-0.05, 0) is 37.3 Å². The van der Waals surface area contributed by atoms with Crippen LogP contribution in [0.3, 0.4) is 0 Å². The van der Waals surface area contributed by atoms with E-state index < -0.39 is 28.1 Å². The molecule has 0 saturated heterocycles. The third kappa shape index (κ3) is 3.31. The lowest BCUT2D eigenvalue weighted by atomic mass is 10.2. The van der Waals surface area contributed by atoms with Crippen molar-refractivity contribution in [2.24, 2.45) is 0 Å². The fourth-order valence-corrected chi connectivity index (χ4v) is 4.40. The predicted octanol–water partition coefficient (Wildman–Crippen LogP) is 2.96. The van der Waals surface area contributed by atoms with E-state index in [1.54, 1.807) is 12.1 Å². The molecule has 0 bridgehead atoms. The van der Waals surface area contributed by atoms with Crippen molar-refractivity contribution in [3.05, 3.63) is 47.5 Å². The van der Waals surface area contributed by atoms with Gasteiger partial charge in [0.2, 0.25) is 0 Å². The topological polar surface area (TPSA) is 104 Å². The Balaban J connectivity index is 2.09. The summed E-state index contributed by atoms with van der Waals surface area (Å²) >= 11 is 5.93. The second-order valence-electron chi connectivity index (χ2n) is 5.82. The van der Waals surface area contributed by atoms with E-state index in [0.29, 0.717) is 4.31 Å². The lowest BCUT2D eigenvalue weighted by Crippen LogP contribution is -2.49. The first-order valence-corrected chi connectivity index (χ1v) is 9.57. The van der Waals surface area contributed by atoms with Gasteiger partial charge in [0.25, 0.3) is 10.0 Å². The van der Waals surface area contributed by atoms with Crippen LogP contribution in [0.1, 0.15) is 6.92 Å². The van der Waals surface area contributed by atoms with Crippen LogP contribution in [0.25, 0.3) is 0 Å². The van der Waals surface area contributed by atoms with Crippen molar-refractivity contribution in [3.63, 3.8) is 0 Å². The molecule has 2 aromatic carbocycles. The number of carboxylic acid groups (broad SMARTS) is 1. The Hall–Kier alpha value is -2.78. The molecule has 0 aromatic heterocycles. The van der Waals surface area contributed by atoms with E-state index in [2.05, 4.69) is 0 Å². The van der Waals surface area contributed by atoms with Crippen LogP contribution in [-0.2, 0) is 14.8 Å². The van der Waals surface area contributed by atoms with Gasteiger partial charge in [-0.1, -0.05) is 17.7 Å². The van der Waals surface area contributed by atoms with Crippen LogP contribution in [0, 0.1) is 0 Å². The molecule has 8 nitrogen and oxygen atoms in total. The number of halogens is 1. The number of fused-ring (bicyclic) bond motifs is 1. The fraction of sp³-hybridized carbons (Fsp3) is 0.176. The molecule has 1 N–H and O–H groups in total. The molecule has 0 radical (unpaired) electrons. The monoisotopic (exact) mass is 410 g/mol. The summed E-state index contributed by atoms with van der Waals surface area (Å²) in [6, 6.07) is 9.09. The molecule has 0 fully saturated rings. The zero-order valence-corrected chi connectivity index (χ0v) is 15.9. The number of carbonyl (C=O) groups excluding carboxylic acids is 1. The Kier molecular flexibility index (Phi) is 4.75. The minimum Gasteiger partial charge on any atom is -0.479 e. The number of carbonyl (C=O) groups is 2. The second kappa shape index (κ2) is 6.75. The number of hydrogen-bond acceptors (Lipinski definition) is 5. The first kappa shape index (κ1) is 19.0. The molecule has 1 heterocycles. The second-order valence-corrected chi connectivity index (χ2v) is 8.01. The highest BCUT2D eigenvalue weighted by atomic mass is 35.5. The molecule has 10 heteroatoms. The fourth-order valence-electron chi connectivity index (χ4n) is 2.60. The van der Waals surface area contributed by atoms with Crippen LogP contribution >= 0.6 is 11.6 Å². The summed E-state index contributed by atoms with van der Waals surface area (Å²) in [5, 5.41) is 9.23. The highest BCUT2D eigenvalue weighted by Crippen LogP contribution is 2.39. The van der Waals surface area contributed by atoms with Gasteiger partial charge in [-0.3, -0.25) is 4.90 Å². The van der Waals surface area contributed by atoms with Gasteiger partial charge < -0.3 is 9.84 Å². The lowest BCUT2D eigenvalue weighted by Gasteiger charge is -2.34. The molecule has 27 heavy (non-hydrogen) atoms. The maximum absolute atomic E-state index is 13.0. The predicted molar refractivity (Wildman–Crippen MR) is 99.1 cm³/mol. The average Bonchev–Trinajstić information content (AvgIpc) is 2.59. The van der Waals surface area contributed by atoms with Gasteiger partial charge in [0.05, 0.1) is 11.4 Å². The van der Waals surface area contributed by atoms with Crippen molar-refractivity contribution in [3.8, 4) is 5.75 Å². The van der Waals surface area contributed by atoms with Crippen molar-refractivity contribution in [1.82, 2.24) is 0 Å². The number of urea groups is 1. The number of carboxylic acids is 1. The molecule has 2 amide bonds.